The van der Waals surface area contributed by atoms with Crippen molar-refractivity contribution in [2.24, 2.45) is 5.73 Å². The highest BCUT2D eigenvalue weighted by Crippen LogP contribution is 2.34. The first kappa shape index (κ1) is 19.3. The molecule has 2 aliphatic rings. The zero-order valence-corrected chi connectivity index (χ0v) is 16.7. The number of morpholine rings is 1. The number of nitrogens with two attached hydrogens (primary N) is 1. The van der Waals surface area contributed by atoms with Gasteiger partial charge in [-0.3, -0.25) is 14.3 Å². The normalized spacial score (nSPS) is 17.7. The first-order valence-electron chi connectivity index (χ1n) is 10.0. The molecular formula is C22H21N7O2. The molecule has 156 valence electrons. The third-order valence-corrected chi connectivity index (χ3v) is 5.59. The molecule has 4 N–H and O–H groups in total. The van der Waals surface area contributed by atoms with Crippen LogP contribution in [0.1, 0.15) is 17.3 Å². The SMILES string of the molecule is N#Cc1ccccc1-n1cc(-c2ccc(N3CCOCC3)cn2)c2c(c1=O)C(N)NN2. The highest BCUT2D eigenvalue weighted by molar-refractivity contribution is 5.80. The smallest absolute Gasteiger partial charge is 0.263 e. The van der Waals surface area contributed by atoms with E-state index in [4.69, 9.17) is 10.5 Å². The standard InChI is InChI=1S/C22H21N7O2/c23-11-14-3-1-2-4-18(14)29-13-16(20-19(22(29)30)21(24)27-26-20)17-6-5-15(12-25-17)28-7-9-31-10-8-28/h1-6,12-13,21,26-27H,7-10,24H2. The molecule has 0 radical (unpaired) electrons. The Morgan fingerprint density at radius 3 is 2.74 bits per heavy atom. The second-order valence-electron chi connectivity index (χ2n) is 7.38. The highest BCUT2D eigenvalue weighted by atomic mass is 16.5. The van der Waals surface area contributed by atoms with Gasteiger partial charge in [0.2, 0.25) is 0 Å². The summed E-state index contributed by atoms with van der Waals surface area (Å²) < 4.78 is 6.89. The summed E-state index contributed by atoms with van der Waals surface area (Å²) in [6, 6.07) is 13.1. The van der Waals surface area contributed by atoms with Gasteiger partial charge in [-0.25, -0.2) is 5.43 Å². The number of fused-ring (bicyclic) bond motifs is 1. The molecule has 0 spiro atoms. The van der Waals surface area contributed by atoms with Crippen LogP contribution in [-0.4, -0.2) is 35.9 Å². The average Bonchev–Trinajstić information content (AvgIpc) is 3.22. The number of anilines is 2. The lowest BCUT2D eigenvalue weighted by Gasteiger charge is -2.28. The Morgan fingerprint density at radius 2 is 2.00 bits per heavy atom. The van der Waals surface area contributed by atoms with Gasteiger partial charge in [0.15, 0.2) is 0 Å². The molecule has 2 aliphatic heterocycles. The number of pyridine rings is 2. The van der Waals surface area contributed by atoms with Gasteiger partial charge in [-0.2, -0.15) is 5.26 Å². The molecule has 0 bridgehead atoms. The molecule has 4 heterocycles. The lowest BCUT2D eigenvalue weighted by atomic mass is 10.1. The van der Waals surface area contributed by atoms with Crippen molar-refractivity contribution >= 4 is 11.4 Å². The summed E-state index contributed by atoms with van der Waals surface area (Å²) >= 11 is 0. The van der Waals surface area contributed by atoms with Crippen LogP contribution < -0.4 is 27.0 Å². The maximum atomic E-state index is 13.2. The Balaban J connectivity index is 1.64. The summed E-state index contributed by atoms with van der Waals surface area (Å²) in [5.74, 6) is 0. The van der Waals surface area contributed by atoms with Gasteiger partial charge < -0.3 is 20.8 Å². The summed E-state index contributed by atoms with van der Waals surface area (Å²) in [5, 5.41) is 9.52. The van der Waals surface area contributed by atoms with Crippen LogP contribution in [0.3, 0.4) is 0 Å². The molecule has 5 rings (SSSR count). The van der Waals surface area contributed by atoms with Crippen molar-refractivity contribution < 1.29 is 4.74 Å². The number of hydrazine groups is 1. The third kappa shape index (κ3) is 3.33. The Bertz CT molecular complexity index is 1220. The maximum absolute atomic E-state index is 13.2. The van der Waals surface area contributed by atoms with Crippen LogP contribution in [0, 0.1) is 11.3 Å². The topological polar surface area (TPSA) is 121 Å². The molecule has 1 fully saturated rings. The van der Waals surface area contributed by atoms with Gasteiger partial charge in [-0.15, -0.1) is 0 Å². The molecule has 9 nitrogen and oxygen atoms in total. The van der Waals surface area contributed by atoms with E-state index in [9.17, 15) is 10.1 Å². The van der Waals surface area contributed by atoms with Gasteiger partial charge in [0.1, 0.15) is 12.2 Å². The first-order chi connectivity index (χ1) is 15.2. The van der Waals surface area contributed by atoms with Crippen molar-refractivity contribution in [2.75, 3.05) is 36.6 Å². The fraction of sp³-hybridized carbons (Fsp3) is 0.227. The number of hydrogen-bond donors (Lipinski definition) is 3. The Kier molecular flexibility index (Phi) is 4.88. The minimum absolute atomic E-state index is 0.281. The van der Waals surface area contributed by atoms with Crippen molar-refractivity contribution in [3.63, 3.8) is 0 Å². The number of rotatable bonds is 3. The van der Waals surface area contributed by atoms with Gasteiger partial charge in [0.05, 0.1) is 53.3 Å². The zero-order chi connectivity index (χ0) is 21.4. The number of nitrogens with zero attached hydrogens (tertiary/aromatic N) is 4. The summed E-state index contributed by atoms with van der Waals surface area (Å²) in [5.41, 5.74) is 16.1. The van der Waals surface area contributed by atoms with Crippen molar-refractivity contribution in [2.45, 2.75) is 6.17 Å². The van der Waals surface area contributed by atoms with Crippen molar-refractivity contribution in [3.05, 3.63) is 70.3 Å². The fourth-order valence-electron chi connectivity index (χ4n) is 3.98. The van der Waals surface area contributed by atoms with E-state index in [1.165, 1.54) is 4.57 Å². The predicted molar refractivity (Wildman–Crippen MR) is 117 cm³/mol. The summed E-state index contributed by atoms with van der Waals surface area (Å²) in [7, 11) is 0. The molecule has 1 unspecified atom stereocenters. The van der Waals surface area contributed by atoms with Crippen LogP contribution in [0.15, 0.2) is 53.6 Å². The monoisotopic (exact) mass is 415 g/mol. The van der Waals surface area contributed by atoms with Crippen LogP contribution in [0.4, 0.5) is 11.4 Å². The Hall–Kier alpha value is -3.71. The Labute approximate surface area is 178 Å². The predicted octanol–water partition coefficient (Wildman–Crippen LogP) is 1.50. The molecule has 0 saturated carbocycles. The van der Waals surface area contributed by atoms with E-state index in [1.54, 1.807) is 30.5 Å². The second kappa shape index (κ2) is 7.85. The fourth-order valence-corrected chi connectivity index (χ4v) is 3.98. The number of aromatic nitrogens is 2. The van der Waals surface area contributed by atoms with Gasteiger partial charge in [-0.1, -0.05) is 12.1 Å². The summed E-state index contributed by atoms with van der Waals surface area (Å²) in [4.78, 5) is 20.1. The minimum Gasteiger partial charge on any atom is -0.378 e. The second-order valence-corrected chi connectivity index (χ2v) is 7.38. The lowest BCUT2D eigenvalue weighted by Crippen LogP contribution is -2.36. The van der Waals surface area contributed by atoms with E-state index < -0.39 is 6.17 Å². The highest BCUT2D eigenvalue weighted by Gasteiger charge is 2.28. The van der Waals surface area contributed by atoms with Crippen LogP contribution >= 0.6 is 0 Å². The molecule has 1 atom stereocenters. The quantitative estimate of drug-likeness (QED) is 0.588. The molecule has 9 heteroatoms. The molecule has 31 heavy (non-hydrogen) atoms. The largest absolute Gasteiger partial charge is 0.378 e. The lowest BCUT2D eigenvalue weighted by molar-refractivity contribution is 0.122. The van der Waals surface area contributed by atoms with Gasteiger partial charge in [-0.05, 0) is 24.3 Å². The van der Waals surface area contributed by atoms with Gasteiger partial charge >= 0.3 is 0 Å². The van der Waals surface area contributed by atoms with Gasteiger partial charge in [0.25, 0.3) is 5.56 Å². The van der Waals surface area contributed by atoms with Crippen LogP contribution in [0.5, 0.6) is 0 Å². The van der Waals surface area contributed by atoms with E-state index in [2.05, 4.69) is 26.8 Å². The van der Waals surface area contributed by atoms with E-state index in [-0.39, 0.29) is 5.56 Å². The molecule has 1 saturated heterocycles. The van der Waals surface area contributed by atoms with Gasteiger partial charge in [0, 0.05) is 24.8 Å². The maximum Gasteiger partial charge on any atom is 0.263 e. The molecule has 1 aromatic carbocycles. The van der Waals surface area contributed by atoms with Crippen molar-refractivity contribution in [1.29, 1.82) is 5.26 Å². The number of hydrogen-bond acceptors (Lipinski definition) is 8. The number of ether oxygens (including phenoxy) is 1. The minimum atomic E-state index is -0.671. The van der Waals surface area contributed by atoms with Crippen LogP contribution in [-0.2, 0) is 4.74 Å². The Morgan fingerprint density at radius 1 is 1.19 bits per heavy atom. The number of nitrogens with one attached hydrogen (secondary N) is 2. The number of para-hydroxylation sites is 1. The summed E-state index contributed by atoms with van der Waals surface area (Å²) in [6.45, 7) is 3.05. The van der Waals surface area contributed by atoms with E-state index >= 15 is 0 Å². The molecule has 0 aliphatic carbocycles. The van der Waals surface area contributed by atoms with Crippen LogP contribution in [0.25, 0.3) is 16.9 Å². The van der Waals surface area contributed by atoms with E-state index in [0.29, 0.717) is 41.4 Å². The number of benzene rings is 1. The van der Waals surface area contributed by atoms with E-state index in [0.717, 1.165) is 24.3 Å². The van der Waals surface area contributed by atoms with Crippen LogP contribution in [0.2, 0.25) is 0 Å². The van der Waals surface area contributed by atoms with Crippen molar-refractivity contribution in [1.82, 2.24) is 15.0 Å². The molecular weight excluding hydrogens is 394 g/mol. The average molecular weight is 415 g/mol. The van der Waals surface area contributed by atoms with E-state index in [1.807, 2.05) is 18.3 Å². The third-order valence-electron chi connectivity index (χ3n) is 5.59. The molecule has 3 aromatic rings. The zero-order valence-electron chi connectivity index (χ0n) is 16.7. The first-order valence-corrected chi connectivity index (χ1v) is 10.0. The molecule has 2 aromatic heterocycles. The number of nitriles is 1. The van der Waals surface area contributed by atoms with Crippen molar-refractivity contribution in [3.8, 4) is 23.0 Å². The summed E-state index contributed by atoms with van der Waals surface area (Å²) in [6.07, 6.45) is 2.87. The molecule has 0 amide bonds.